The fourth-order valence-corrected chi connectivity index (χ4v) is 2.55. The lowest BCUT2D eigenvalue weighted by atomic mass is 10.1. The zero-order chi connectivity index (χ0) is 16.4. The second-order valence-corrected chi connectivity index (χ2v) is 5.72. The highest BCUT2D eigenvalue weighted by Crippen LogP contribution is 2.21. The normalized spacial score (nSPS) is 12.7. The van der Waals surface area contributed by atoms with E-state index in [9.17, 15) is 0 Å². The van der Waals surface area contributed by atoms with Gasteiger partial charge in [0.2, 0.25) is 0 Å². The second kappa shape index (κ2) is 6.33. The molecule has 0 saturated carbocycles. The summed E-state index contributed by atoms with van der Waals surface area (Å²) in [4.78, 5) is 9.05. The van der Waals surface area contributed by atoms with Crippen LogP contribution in [0.25, 0.3) is 11.0 Å². The molecule has 0 aliphatic rings. The van der Waals surface area contributed by atoms with Gasteiger partial charge in [0, 0.05) is 32.3 Å². The Morgan fingerprint density at radius 3 is 2.91 bits per heavy atom. The molecule has 23 heavy (non-hydrogen) atoms. The average molecular weight is 315 g/mol. The van der Waals surface area contributed by atoms with E-state index in [4.69, 9.17) is 4.74 Å². The van der Waals surface area contributed by atoms with E-state index >= 15 is 0 Å². The van der Waals surface area contributed by atoms with Gasteiger partial charge < -0.3 is 10.1 Å². The number of aromatic nitrogens is 6. The van der Waals surface area contributed by atoms with E-state index in [2.05, 4.69) is 37.5 Å². The lowest BCUT2D eigenvalue weighted by Gasteiger charge is -2.14. The molecular weight excluding hydrogens is 294 g/mol. The van der Waals surface area contributed by atoms with Gasteiger partial charge in [0.05, 0.1) is 17.3 Å². The Kier molecular flexibility index (Phi) is 4.24. The number of aromatic amines is 1. The number of fused-ring (bicyclic) bond motifs is 1. The topological polar surface area (TPSA) is 93.5 Å². The lowest BCUT2D eigenvalue weighted by molar-refractivity contribution is 0.178. The minimum absolute atomic E-state index is 0.173. The molecule has 3 rings (SSSR count). The molecule has 0 amide bonds. The van der Waals surface area contributed by atoms with Gasteiger partial charge in [-0.05, 0) is 19.9 Å². The Balaban J connectivity index is 1.85. The van der Waals surface area contributed by atoms with Crippen molar-refractivity contribution in [3.63, 3.8) is 0 Å². The highest BCUT2D eigenvalue weighted by atomic mass is 16.5. The predicted octanol–water partition coefficient (Wildman–Crippen LogP) is 1.58. The maximum atomic E-state index is 5.16. The molecule has 3 heterocycles. The first-order chi connectivity index (χ1) is 11.1. The molecule has 122 valence electrons. The average Bonchev–Trinajstić information content (AvgIpc) is 3.06. The number of ether oxygens (including phenoxy) is 1. The smallest absolute Gasteiger partial charge is 0.163 e. The zero-order valence-corrected chi connectivity index (χ0v) is 13.8. The number of rotatable bonds is 6. The fourth-order valence-electron chi connectivity index (χ4n) is 2.55. The molecule has 2 N–H and O–H groups in total. The highest BCUT2D eigenvalue weighted by molar-refractivity contribution is 5.86. The van der Waals surface area contributed by atoms with Gasteiger partial charge in [0.25, 0.3) is 0 Å². The summed E-state index contributed by atoms with van der Waals surface area (Å²) in [6, 6.07) is 2.22. The van der Waals surface area contributed by atoms with Gasteiger partial charge in [-0.25, -0.2) is 9.97 Å². The van der Waals surface area contributed by atoms with E-state index in [0.717, 1.165) is 34.7 Å². The molecule has 0 aromatic carbocycles. The molecule has 1 atom stereocenters. The Morgan fingerprint density at radius 2 is 2.22 bits per heavy atom. The molecule has 0 fully saturated rings. The molecule has 3 aromatic rings. The van der Waals surface area contributed by atoms with Gasteiger partial charge in [-0.2, -0.15) is 10.2 Å². The van der Waals surface area contributed by atoms with Crippen LogP contribution in [-0.4, -0.2) is 43.1 Å². The molecule has 0 bridgehead atoms. The quantitative estimate of drug-likeness (QED) is 0.717. The van der Waals surface area contributed by atoms with E-state index in [1.54, 1.807) is 18.0 Å². The summed E-state index contributed by atoms with van der Waals surface area (Å²) in [5, 5.41) is 15.8. The predicted molar refractivity (Wildman–Crippen MR) is 87.1 cm³/mol. The van der Waals surface area contributed by atoms with Crippen molar-refractivity contribution in [2.45, 2.75) is 32.9 Å². The van der Waals surface area contributed by atoms with Crippen LogP contribution in [-0.2, 0) is 24.8 Å². The first kappa shape index (κ1) is 15.4. The van der Waals surface area contributed by atoms with E-state index in [0.29, 0.717) is 12.4 Å². The fraction of sp³-hybridized carbons (Fsp3) is 0.467. The van der Waals surface area contributed by atoms with Crippen LogP contribution < -0.4 is 5.32 Å². The first-order valence-electron chi connectivity index (χ1n) is 7.51. The SMILES string of the molecule is COCc1nc(N[C@H](C)Cc2cc(C)[nH]n2)c2cnn(C)c2n1. The molecule has 0 aliphatic heterocycles. The van der Waals surface area contributed by atoms with Crippen molar-refractivity contribution in [3.05, 3.63) is 29.5 Å². The van der Waals surface area contributed by atoms with Crippen molar-refractivity contribution in [2.75, 3.05) is 12.4 Å². The van der Waals surface area contributed by atoms with Crippen molar-refractivity contribution in [1.29, 1.82) is 0 Å². The van der Waals surface area contributed by atoms with Crippen molar-refractivity contribution in [3.8, 4) is 0 Å². The van der Waals surface area contributed by atoms with Gasteiger partial charge in [-0.3, -0.25) is 9.78 Å². The van der Waals surface area contributed by atoms with Crippen molar-refractivity contribution < 1.29 is 4.74 Å². The maximum Gasteiger partial charge on any atom is 0.163 e. The van der Waals surface area contributed by atoms with Crippen LogP contribution in [0.1, 0.15) is 24.1 Å². The largest absolute Gasteiger partial charge is 0.377 e. The summed E-state index contributed by atoms with van der Waals surface area (Å²) < 4.78 is 6.89. The Labute approximate surface area is 134 Å². The maximum absolute atomic E-state index is 5.16. The molecule has 3 aromatic heterocycles. The van der Waals surface area contributed by atoms with E-state index in [-0.39, 0.29) is 6.04 Å². The zero-order valence-electron chi connectivity index (χ0n) is 13.8. The summed E-state index contributed by atoms with van der Waals surface area (Å²) >= 11 is 0. The molecule has 8 heteroatoms. The monoisotopic (exact) mass is 315 g/mol. The van der Waals surface area contributed by atoms with Gasteiger partial charge >= 0.3 is 0 Å². The molecule has 0 aliphatic carbocycles. The number of hydrogen-bond donors (Lipinski definition) is 2. The van der Waals surface area contributed by atoms with Crippen LogP contribution in [0.3, 0.4) is 0 Å². The first-order valence-corrected chi connectivity index (χ1v) is 7.51. The van der Waals surface area contributed by atoms with Crippen LogP contribution in [0, 0.1) is 6.92 Å². The second-order valence-electron chi connectivity index (χ2n) is 5.72. The van der Waals surface area contributed by atoms with Crippen LogP contribution in [0.15, 0.2) is 12.3 Å². The number of methoxy groups -OCH3 is 1. The van der Waals surface area contributed by atoms with Crippen LogP contribution in [0.5, 0.6) is 0 Å². The van der Waals surface area contributed by atoms with Crippen LogP contribution >= 0.6 is 0 Å². The van der Waals surface area contributed by atoms with Crippen molar-refractivity contribution in [2.24, 2.45) is 7.05 Å². The number of hydrogen-bond acceptors (Lipinski definition) is 6. The summed E-state index contributed by atoms with van der Waals surface area (Å²) in [5.41, 5.74) is 2.87. The van der Waals surface area contributed by atoms with Crippen molar-refractivity contribution >= 4 is 16.9 Å². The standard InChI is InChI=1S/C15H21N7O/c1-9(5-11-6-10(2)20-21-11)17-14-12-7-16-22(3)15(12)19-13(18-14)8-23-4/h6-7,9H,5,8H2,1-4H3,(H,20,21)(H,17,18,19)/t9-/m1/s1. The van der Waals surface area contributed by atoms with E-state index in [1.807, 2.05) is 20.0 Å². The Bertz CT molecular complexity index is 807. The van der Waals surface area contributed by atoms with Crippen molar-refractivity contribution in [1.82, 2.24) is 29.9 Å². The molecule has 0 radical (unpaired) electrons. The van der Waals surface area contributed by atoms with E-state index in [1.165, 1.54) is 0 Å². The number of nitrogens with one attached hydrogen (secondary N) is 2. The third-order valence-electron chi connectivity index (χ3n) is 3.57. The number of anilines is 1. The Morgan fingerprint density at radius 1 is 1.39 bits per heavy atom. The van der Waals surface area contributed by atoms with Gasteiger partial charge in [-0.1, -0.05) is 0 Å². The third kappa shape index (κ3) is 3.31. The number of nitrogens with zero attached hydrogens (tertiary/aromatic N) is 5. The molecule has 0 saturated heterocycles. The molecule has 0 spiro atoms. The van der Waals surface area contributed by atoms with E-state index < -0.39 is 0 Å². The minimum atomic E-state index is 0.173. The summed E-state index contributed by atoms with van der Waals surface area (Å²) in [7, 11) is 3.50. The molecule has 0 unspecified atom stereocenters. The number of H-pyrrole nitrogens is 1. The van der Waals surface area contributed by atoms with Gasteiger partial charge in [0.15, 0.2) is 11.5 Å². The Hall–Kier alpha value is -2.48. The summed E-state index contributed by atoms with van der Waals surface area (Å²) in [6.45, 7) is 4.46. The van der Waals surface area contributed by atoms with Gasteiger partial charge in [0.1, 0.15) is 12.4 Å². The number of aryl methyl sites for hydroxylation is 2. The summed E-state index contributed by atoms with van der Waals surface area (Å²) in [5.74, 6) is 1.41. The lowest BCUT2D eigenvalue weighted by Crippen LogP contribution is -2.20. The van der Waals surface area contributed by atoms with Gasteiger partial charge in [-0.15, -0.1) is 0 Å². The summed E-state index contributed by atoms with van der Waals surface area (Å²) in [6.07, 6.45) is 2.58. The third-order valence-corrected chi connectivity index (χ3v) is 3.57. The van der Waals surface area contributed by atoms with Crippen LogP contribution in [0.4, 0.5) is 5.82 Å². The molecular formula is C15H21N7O. The highest BCUT2D eigenvalue weighted by Gasteiger charge is 2.14. The van der Waals surface area contributed by atoms with Crippen LogP contribution in [0.2, 0.25) is 0 Å². The minimum Gasteiger partial charge on any atom is -0.377 e. The molecule has 8 nitrogen and oxygen atoms in total.